The first-order valence-electron chi connectivity index (χ1n) is 7.97. The summed E-state index contributed by atoms with van der Waals surface area (Å²) >= 11 is 3.36. The second-order valence-electron chi connectivity index (χ2n) is 6.10. The zero-order valence-electron chi connectivity index (χ0n) is 14.4. The van der Waals surface area contributed by atoms with Crippen LogP contribution >= 0.6 is 15.9 Å². The molecular formula is C18H20BrN3O3. The Bertz CT molecular complexity index is 960. The summed E-state index contributed by atoms with van der Waals surface area (Å²) < 4.78 is 9.79. The normalized spacial score (nSPS) is 12.5. The monoisotopic (exact) mass is 405 g/mol. The first-order chi connectivity index (χ1) is 11.9. The van der Waals surface area contributed by atoms with E-state index in [4.69, 9.17) is 4.74 Å². The molecule has 2 heterocycles. The Kier molecular flexibility index (Phi) is 4.96. The Labute approximate surface area is 153 Å². The molecule has 7 heteroatoms. The van der Waals surface area contributed by atoms with Gasteiger partial charge >= 0.3 is 0 Å². The number of aryl methyl sites for hydroxylation is 3. The van der Waals surface area contributed by atoms with Crippen LogP contribution in [-0.4, -0.2) is 32.2 Å². The minimum absolute atomic E-state index is 0.0975. The van der Waals surface area contributed by atoms with Crippen molar-refractivity contribution >= 4 is 27.0 Å². The molecule has 0 unspecified atom stereocenters. The molecule has 1 atom stereocenters. The van der Waals surface area contributed by atoms with E-state index in [1.807, 2.05) is 38.1 Å². The fraction of sp³-hybridized carbons (Fsp3) is 0.333. The summed E-state index contributed by atoms with van der Waals surface area (Å²) in [5, 5.41) is 15.7. The van der Waals surface area contributed by atoms with Gasteiger partial charge in [-0.05, 0) is 43.7 Å². The van der Waals surface area contributed by atoms with Gasteiger partial charge in [-0.25, -0.2) is 0 Å². The lowest BCUT2D eigenvalue weighted by Gasteiger charge is -2.16. The van der Waals surface area contributed by atoms with Gasteiger partial charge in [-0.3, -0.25) is 14.0 Å². The lowest BCUT2D eigenvalue weighted by molar-refractivity contribution is 0.0924. The molecule has 0 saturated carbocycles. The van der Waals surface area contributed by atoms with E-state index in [0.29, 0.717) is 11.4 Å². The first kappa shape index (κ1) is 17.7. The van der Waals surface area contributed by atoms with Gasteiger partial charge in [-0.15, -0.1) is 0 Å². The SMILES string of the molecule is Cc1cc(=O)n(C[C@H](O)COc2ccc(Br)cc2)c2c1c(C)nn2C. The highest BCUT2D eigenvalue weighted by atomic mass is 79.9. The van der Waals surface area contributed by atoms with E-state index in [1.165, 1.54) is 0 Å². The summed E-state index contributed by atoms with van der Waals surface area (Å²) in [6.07, 6.45) is -0.817. The van der Waals surface area contributed by atoms with Gasteiger partial charge < -0.3 is 9.84 Å². The van der Waals surface area contributed by atoms with Crippen molar-refractivity contribution in [1.82, 2.24) is 14.3 Å². The molecule has 0 radical (unpaired) electrons. The number of aromatic nitrogens is 3. The van der Waals surface area contributed by atoms with Crippen LogP contribution < -0.4 is 10.3 Å². The molecule has 0 bridgehead atoms. The van der Waals surface area contributed by atoms with Gasteiger partial charge in [0, 0.05) is 23.0 Å². The fourth-order valence-electron chi connectivity index (χ4n) is 3.02. The third kappa shape index (κ3) is 3.62. The van der Waals surface area contributed by atoms with Crippen molar-refractivity contribution in [3.8, 4) is 5.75 Å². The summed E-state index contributed by atoms with van der Waals surface area (Å²) in [6, 6.07) is 8.96. The van der Waals surface area contributed by atoms with Crippen LogP contribution in [0.2, 0.25) is 0 Å². The van der Waals surface area contributed by atoms with E-state index in [-0.39, 0.29) is 18.7 Å². The highest BCUT2D eigenvalue weighted by molar-refractivity contribution is 9.10. The molecule has 132 valence electrons. The lowest BCUT2D eigenvalue weighted by Crippen LogP contribution is -2.31. The number of ether oxygens (including phenoxy) is 1. The summed E-state index contributed by atoms with van der Waals surface area (Å²) in [5.41, 5.74) is 2.31. The van der Waals surface area contributed by atoms with Crippen LogP contribution in [0.25, 0.3) is 11.0 Å². The molecule has 25 heavy (non-hydrogen) atoms. The number of rotatable bonds is 5. The van der Waals surface area contributed by atoms with Crippen LogP contribution in [0, 0.1) is 13.8 Å². The van der Waals surface area contributed by atoms with Crippen LogP contribution in [-0.2, 0) is 13.6 Å². The van der Waals surface area contributed by atoms with Gasteiger partial charge in [0.1, 0.15) is 24.1 Å². The van der Waals surface area contributed by atoms with Crippen molar-refractivity contribution < 1.29 is 9.84 Å². The van der Waals surface area contributed by atoms with Gasteiger partial charge in [0.15, 0.2) is 0 Å². The van der Waals surface area contributed by atoms with E-state index in [2.05, 4.69) is 21.0 Å². The van der Waals surface area contributed by atoms with Crippen molar-refractivity contribution in [2.75, 3.05) is 6.61 Å². The van der Waals surface area contributed by atoms with Crippen molar-refractivity contribution in [2.24, 2.45) is 7.05 Å². The van der Waals surface area contributed by atoms with Gasteiger partial charge in [0.05, 0.1) is 12.2 Å². The molecule has 1 N–H and O–H groups in total. The molecule has 0 aliphatic rings. The summed E-state index contributed by atoms with van der Waals surface area (Å²) in [4.78, 5) is 12.4. The van der Waals surface area contributed by atoms with Crippen LogP contribution in [0.5, 0.6) is 5.75 Å². The zero-order chi connectivity index (χ0) is 18.1. The topological polar surface area (TPSA) is 69.3 Å². The number of fused-ring (bicyclic) bond motifs is 1. The quantitative estimate of drug-likeness (QED) is 0.707. The van der Waals surface area contributed by atoms with Crippen molar-refractivity contribution in [3.63, 3.8) is 0 Å². The molecule has 0 aliphatic carbocycles. The second-order valence-corrected chi connectivity index (χ2v) is 7.02. The Hall–Kier alpha value is -2.12. The number of benzene rings is 1. The first-order valence-corrected chi connectivity index (χ1v) is 8.76. The molecule has 0 saturated heterocycles. The largest absolute Gasteiger partial charge is 0.491 e. The van der Waals surface area contributed by atoms with E-state index in [1.54, 1.807) is 22.4 Å². The summed E-state index contributed by atoms with van der Waals surface area (Å²) in [7, 11) is 1.80. The van der Waals surface area contributed by atoms with Gasteiger partial charge in [0.25, 0.3) is 5.56 Å². The van der Waals surface area contributed by atoms with Gasteiger partial charge in [0.2, 0.25) is 0 Å². The Morgan fingerprint density at radius 3 is 2.64 bits per heavy atom. The maximum Gasteiger partial charge on any atom is 0.252 e. The van der Waals surface area contributed by atoms with E-state index >= 15 is 0 Å². The van der Waals surface area contributed by atoms with E-state index in [9.17, 15) is 9.90 Å². The predicted octanol–water partition coefficient (Wildman–Crippen LogP) is 2.55. The minimum Gasteiger partial charge on any atom is -0.491 e. The molecule has 0 fully saturated rings. The van der Waals surface area contributed by atoms with Crippen molar-refractivity contribution in [3.05, 3.63) is 56.4 Å². The molecule has 0 spiro atoms. The summed E-state index contributed by atoms with van der Waals surface area (Å²) in [6.45, 7) is 4.05. The fourth-order valence-corrected chi connectivity index (χ4v) is 3.28. The minimum atomic E-state index is -0.817. The van der Waals surface area contributed by atoms with E-state index in [0.717, 1.165) is 21.1 Å². The van der Waals surface area contributed by atoms with Crippen molar-refractivity contribution in [2.45, 2.75) is 26.5 Å². The maximum atomic E-state index is 12.4. The van der Waals surface area contributed by atoms with Crippen LogP contribution in [0.3, 0.4) is 0 Å². The van der Waals surface area contributed by atoms with Crippen LogP contribution in [0.1, 0.15) is 11.3 Å². The van der Waals surface area contributed by atoms with Crippen molar-refractivity contribution in [1.29, 1.82) is 0 Å². The average molecular weight is 406 g/mol. The number of hydrogen-bond donors (Lipinski definition) is 1. The highest BCUT2D eigenvalue weighted by Crippen LogP contribution is 2.20. The second kappa shape index (κ2) is 7.01. The highest BCUT2D eigenvalue weighted by Gasteiger charge is 2.16. The Balaban J connectivity index is 1.82. The van der Waals surface area contributed by atoms with E-state index < -0.39 is 6.10 Å². The molecule has 6 nitrogen and oxygen atoms in total. The van der Waals surface area contributed by atoms with Crippen LogP contribution in [0.4, 0.5) is 0 Å². The lowest BCUT2D eigenvalue weighted by atomic mass is 10.1. The molecule has 0 aliphatic heterocycles. The standard InChI is InChI=1S/C18H20BrN3O3/c1-11-8-16(24)22(18-17(11)12(2)20-21(18)3)9-14(23)10-25-15-6-4-13(19)5-7-15/h4-8,14,23H,9-10H2,1-3H3/t14-/m0/s1. The predicted molar refractivity (Wildman–Crippen MR) is 100 cm³/mol. The number of halogens is 1. The molecule has 0 amide bonds. The van der Waals surface area contributed by atoms with Gasteiger partial charge in [-0.1, -0.05) is 15.9 Å². The molecule has 1 aromatic carbocycles. The zero-order valence-corrected chi connectivity index (χ0v) is 15.9. The molecule has 3 rings (SSSR count). The Morgan fingerprint density at radius 2 is 1.96 bits per heavy atom. The van der Waals surface area contributed by atoms with Crippen LogP contribution in [0.15, 0.2) is 39.6 Å². The number of aliphatic hydroxyl groups is 1. The summed E-state index contributed by atoms with van der Waals surface area (Å²) in [5.74, 6) is 0.667. The number of pyridine rings is 1. The third-order valence-electron chi connectivity index (χ3n) is 4.10. The van der Waals surface area contributed by atoms with Gasteiger partial charge in [-0.2, -0.15) is 5.10 Å². The number of nitrogens with zero attached hydrogens (tertiary/aromatic N) is 3. The third-order valence-corrected chi connectivity index (χ3v) is 4.63. The smallest absolute Gasteiger partial charge is 0.252 e. The molecule has 2 aromatic heterocycles. The number of aliphatic hydroxyl groups excluding tert-OH is 1. The molecule has 3 aromatic rings. The maximum absolute atomic E-state index is 12.4. The Morgan fingerprint density at radius 1 is 1.28 bits per heavy atom. The molecular weight excluding hydrogens is 386 g/mol. The average Bonchev–Trinajstić information content (AvgIpc) is 2.85. The number of hydrogen-bond acceptors (Lipinski definition) is 4.